The zero-order valence-corrected chi connectivity index (χ0v) is 25.6. The van der Waals surface area contributed by atoms with Gasteiger partial charge in [0.05, 0.1) is 35.2 Å². The van der Waals surface area contributed by atoms with E-state index in [0.29, 0.717) is 48.1 Å². The molecule has 12 heteroatoms. The van der Waals surface area contributed by atoms with Gasteiger partial charge in [-0.3, -0.25) is 14.5 Å². The van der Waals surface area contributed by atoms with E-state index in [4.69, 9.17) is 9.47 Å². The molecule has 1 saturated carbocycles. The molecule has 2 aliphatic rings. The Labute approximate surface area is 246 Å². The fraction of sp³-hybridized carbons (Fsp3) is 0.500. The number of hydrogen-bond acceptors (Lipinski definition) is 8. The van der Waals surface area contributed by atoms with Crippen molar-refractivity contribution in [2.24, 2.45) is 5.92 Å². The Hall–Kier alpha value is -3.35. The standard InChI is InChI=1S/C30H38FN5O5S/c1-17(2)32-7-8-40-28-25(35-42(6,38)39)9-20(14-34-28)21-10-22-24(11-23(21)31)33-15-26-27(22)30(29(37)36(26)5)12-19(13-30)16-41-18(3)4/h9-11,14-15,17-19,32,35H,7-8,12-13,16H2,1-6H3/t19-,30-. The number of pyridine rings is 2. The Balaban J connectivity index is 1.55. The number of aromatic nitrogens is 2. The first-order valence-electron chi connectivity index (χ1n) is 14.2. The number of nitrogens with zero attached hydrogens (tertiary/aromatic N) is 3. The van der Waals surface area contributed by atoms with Gasteiger partial charge in [-0.25, -0.2) is 17.8 Å². The highest BCUT2D eigenvalue weighted by Crippen LogP contribution is 2.57. The van der Waals surface area contributed by atoms with Crippen LogP contribution in [0.25, 0.3) is 22.0 Å². The third-order valence-corrected chi connectivity index (χ3v) is 8.37. The second-order valence-electron chi connectivity index (χ2n) is 11.9. The van der Waals surface area contributed by atoms with Crippen LogP contribution in [-0.4, -0.2) is 69.5 Å². The van der Waals surface area contributed by atoms with Crippen molar-refractivity contribution < 1.29 is 27.1 Å². The number of benzene rings is 1. The predicted molar refractivity (Wildman–Crippen MR) is 161 cm³/mol. The number of rotatable bonds is 11. The van der Waals surface area contributed by atoms with E-state index < -0.39 is 21.3 Å². The van der Waals surface area contributed by atoms with Crippen molar-refractivity contribution in [2.45, 2.75) is 58.1 Å². The molecule has 3 heterocycles. The predicted octanol–water partition coefficient (Wildman–Crippen LogP) is 4.23. The average Bonchev–Trinajstić information content (AvgIpc) is 3.10. The Morgan fingerprint density at radius 1 is 1.14 bits per heavy atom. The molecule has 3 aromatic rings. The van der Waals surface area contributed by atoms with E-state index in [-0.39, 0.29) is 47.7 Å². The molecule has 5 rings (SSSR count). The van der Waals surface area contributed by atoms with Gasteiger partial charge in [-0.05, 0) is 44.7 Å². The van der Waals surface area contributed by atoms with Crippen LogP contribution in [0.5, 0.6) is 5.88 Å². The van der Waals surface area contributed by atoms with Crippen LogP contribution in [0.15, 0.2) is 30.6 Å². The summed E-state index contributed by atoms with van der Waals surface area (Å²) in [6.45, 7) is 9.37. The van der Waals surface area contributed by atoms with Crippen molar-refractivity contribution in [3.8, 4) is 17.0 Å². The summed E-state index contributed by atoms with van der Waals surface area (Å²) in [5.41, 5.74) is 1.97. The SMILES string of the molecule is CC(C)NCCOc1ncc(-c2cc3c(cc2F)ncc2c3[C@]3(C[C@@H](COC(C)C)C3)C(=O)N2C)cc1NS(C)(=O)=O. The molecule has 0 bridgehead atoms. The quantitative estimate of drug-likeness (QED) is 0.314. The molecule has 0 atom stereocenters. The van der Waals surface area contributed by atoms with Crippen molar-refractivity contribution in [3.05, 3.63) is 42.0 Å². The fourth-order valence-electron chi connectivity index (χ4n) is 5.95. The summed E-state index contributed by atoms with van der Waals surface area (Å²) in [7, 11) is -1.93. The zero-order chi connectivity index (χ0) is 30.4. The van der Waals surface area contributed by atoms with Gasteiger partial charge in [0.1, 0.15) is 18.1 Å². The molecule has 2 aromatic heterocycles. The largest absolute Gasteiger partial charge is 0.475 e. The molecule has 0 unspecified atom stereocenters. The first-order valence-corrected chi connectivity index (χ1v) is 16.0. The van der Waals surface area contributed by atoms with Gasteiger partial charge in [0.15, 0.2) is 0 Å². The van der Waals surface area contributed by atoms with Gasteiger partial charge < -0.3 is 19.7 Å². The number of carbonyl (C=O) groups is 1. The van der Waals surface area contributed by atoms with E-state index in [0.717, 1.165) is 11.8 Å². The van der Waals surface area contributed by atoms with Crippen LogP contribution in [0.3, 0.4) is 0 Å². The molecule has 1 fully saturated rings. The van der Waals surface area contributed by atoms with E-state index in [9.17, 15) is 13.2 Å². The molecule has 1 amide bonds. The Bertz CT molecular complexity index is 1620. The monoisotopic (exact) mass is 599 g/mol. The number of halogens is 1. The average molecular weight is 600 g/mol. The van der Waals surface area contributed by atoms with E-state index in [2.05, 4.69) is 20.0 Å². The number of sulfonamides is 1. The van der Waals surface area contributed by atoms with Gasteiger partial charge in [0.25, 0.3) is 0 Å². The van der Waals surface area contributed by atoms with Crippen LogP contribution >= 0.6 is 0 Å². The number of carbonyl (C=O) groups excluding carboxylic acids is 1. The molecular formula is C30H38FN5O5S. The summed E-state index contributed by atoms with van der Waals surface area (Å²) >= 11 is 0. The number of ether oxygens (including phenoxy) is 2. The lowest BCUT2D eigenvalue weighted by Gasteiger charge is -2.44. The Kier molecular flexibility index (Phi) is 8.16. The van der Waals surface area contributed by atoms with Gasteiger partial charge in [-0.15, -0.1) is 0 Å². The summed E-state index contributed by atoms with van der Waals surface area (Å²) in [5.74, 6) is -0.196. The van der Waals surface area contributed by atoms with Crippen molar-refractivity contribution in [3.63, 3.8) is 0 Å². The lowest BCUT2D eigenvalue weighted by Crippen LogP contribution is -2.50. The molecule has 2 N–H and O–H groups in total. The molecule has 1 aliphatic heterocycles. The zero-order valence-electron chi connectivity index (χ0n) is 24.8. The Morgan fingerprint density at radius 3 is 2.55 bits per heavy atom. The maximum atomic E-state index is 15.6. The van der Waals surface area contributed by atoms with Crippen LogP contribution in [0, 0.1) is 11.7 Å². The van der Waals surface area contributed by atoms with Crippen molar-refractivity contribution >= 4 is 38.2 Å². The molecule has 0 saturated heterocycles. The van der Waals surface area contributed by atoms with Crippen LogP contribution in [0.4, 0.5) is 15.8 Å². The summed E-state index contributed by atoms with van der Waals surface area (Å²) in [5, 5.41) is 3.90. The van der Waals surface area contributed by atoms with Crippen LogP contribution < -0.4 is 19.7 Å². The number of likely N-dealkylation sites (N-methyl/N-ethyl adjacent to an activating group) is 1. The minimum atomic E-state index is -3.68. The summed E-state index contributed by atoms with van der Waals surface area (Å²) in [4.78, 5) is 24.0. The molecule has 1 aliphatic carbocycles. The fourth-order valence-corrected chi connectivity index (χ4v) is 6.50. The highest BCUT2D eigenvalue weighted by molar-refractivity contribution is 7.92. The summed E-state index contributed by atoms with van der Waals surface area (Å²) in [6, 6.07) is 4.82. The van der Waals surface area contributed by atoms with E-state index >= 15 is 4.39 Å². The maximum Gasteiger partial charge on any atom is 0.238 e. The first kappa shape index (κ1) is 30.1. The second-order valence-corrected chi connectivity index (χ2v) is 13.6. The molecule has 0 radical (unpaired) electrons. The molecule has 226 valence electrons. The van der Waals surface area contributed by atoms with Crippen molar-refractivity contribution in [1.29, 1.82) is 0 Å². The normalized spacial score (nSPS) is 20.1. The lowest BCUT2D eigenvalue weighted by molar-refractivity contribution is -0.129. The van der Waals surface area contributed by atoms with Crippen LogP contribution in [0.2, 0.25) is 0 Å². The van der Waals surface area contributed by atoms with E-state index in [1.807, 2.05) is 27.7 Å². The van der Waals surface area contributed by atoms with Crippen LogP contribution in [0.1, 0.15) is 46.1 Å². The van der Waals surface area contributed by atoms with Crippen molar-refractivity contribution in [1.82, 2.24) is 15.3 Å². The van der Waals surface area contributed by atoms with Gasteiger partial charge in [-0.1, -0.05) is 13.8 Å². The third kappa shape index (κ3) is 5.80. The second kappa shape index (κ2) is 11.4. The van der Waals surface area contributed by atoms with Gasteiger partial charge >= 0.3 is 0 Å². The first-order chi connectivity index (χ1) is 19.8. The van der Waals surface area contributed by atoms with E-state index in [1.165, 1.54) is 18.3 Å². The minimum Gasteiger partial charge on any atom is -0.475 e. The summed E-state index contributed by atoms with van der Waals surface area (Å²) < 4.78 is 53.9. The molecular weight excluding hydrogens is 561 g/mol. The molecule has 1 spiro atoms. The highest BCUT2D eigenvalue weighted by atomic mass is 32.2. The number of hydrogen-bond donors (Lipinski definition) is 2. The third-order valence-electron chi connectivity index (χ3n) is 7.78. The van der Waals surface area contributed by atoms with Gasteiger partial charge in [0.2, 0.25) is 21.8 Å². The van der Waals surface area contributed by atoms with Gasteiger partial charge in [0, 0.05) is 60.6 Å². The number of amides is 1. The molecule has 10 nitrogen and oxygen atoms in total. The number of nitrogens with one attached hydrogen (secondary N) is 2. The maximum absolute atomic E-state index is 15.6. The molecule has 1 aromatic carbocycles. The van der Waals surface area contributed by atoms with Crippen molar-refractivity contribution in [2.75, 3.05) is 42.7 Å². The molecule has 42 heavy (non-hydrogen) atoms. The minimum absolute atomic E-state index is 0.00763. The smallest absolute Gasteiger partial charge is 0.238 e. The topological polar surface area (TPSA) is 123 Å². The van der Waals surface area contributed by atoms with E-state index in [1.54, 1.807) is 24.2 Å². The highest BCUT2D eigenvalue weighted by Gasteiger charge is 2.58. The number of fused-ring (bicyclic) bond motifs is 4. The Morgan fingerprint density at radius 2 is 1.88 bits per heavy atom. The number of anilines is 2. The summed E-state index contributed by atoms with van der Waals surface area (Å²) in [6.07, 6.45) is 5.51. The van der Waals surface area contributed by atoms with Crippen LogP contribution in [-0.2, 0) is 25.0 Å². The lowest BCUT2D eigenvalue weighted by atomic mass is 9.58. The van der Waals surface area contributed by atoms with Gasteiger partial charge in [-0.2, -0.15) is 0 Å².